The molecule has 2 amide bonds. The van der Waals surface area contributed by atoms with Crippen molar-refractivity contribution in [3.63, 3.8) is 0 Å². The van der Waals surface area contributed by atoms with Crippen molar-refractivity contribution < 1.29 is 9.59 Å². The van der Waals surface area contributed by atoms with Gasteiger partial charge in [-0.15, -0.1) is 0 Å². The zero-order chi connectivity index (χ0) is 19.5. The number of fused-ring (bicyclic) bond motifs is 1. The number of carbonyl (C=O) groups is 2. The number of hydrogen-bond acceptors (Lipinski definition) is 5. The molecule has 2 aromatic rings. The maximum Gasteiger partial charge on any atom is 0.225 e. The first kappa shape index (κ1) is 18.5. The maximum absolute atomic E-state index is 12.6. The molecule has 0 aromatic carbocycles. The van der Waals surface area contributed by atoms with Gasteiger partial charge in [-0.25, -0.2) is 9.97 Å². The molecule has 7 nitrogen and oxygen atoms in total. The predicted molar refractivity (Wildman–Crippen MR) is 103 cm³/mol. The normalized spacial score (nSPS) is 18.8. The smallest absolute Gasteiger partial charge is 0.225 e. The summed E-state index contributed by atoms with van der Waals surface area (Å²) in [5, 5.41) is 2.92. The van der Waals surface area contributed by atoms with E-state index in [2.05, 4.69) is 20.3 Å². The van der Waals surface area contributed by atoms with Gasteiger partial charge in [0.15, 0.2) is 0 Å². The molecule has 4 rings (SSSR count). The largest absolute Gasteiger partial charge is 0.348 e. The number of rotatable bonds is 5. The third kappa shape index (κ3) is 4.03. The summed E-state index contributed by atoms with van der Waals surface area (Å²) in [7, 11) is 0. The molecule has 2 aliphatic rings. The predicted octanol–water partition coefficient (Wildman–Crippen LogP) is 1.72. The molecule has 2 aromatic heterocycles. The van der Waals surface area contributed by atoms with Gasteiger partial charge in [0.1, 0.15) is 5.82 Å². The van der Waals surface area contributed by atoms with Crippen LogP contribution in [0.2, 0.25) is 0 Å². The van der Waals surface area contributed by atoms with E-state index >= 15 is 0 Å². The number of carbonyl (C=O) groups excluding carboxylic acids is 2. The van der Waals surface area contributed by atoms with Crippen molar-refractivity contribution in [1.29, 1.82) is 0 Å². The quantitative estimate of drug-likeness (QED) is 0.855. The van der Waals surface area contributed by atoms with Crippen LogP contribution in [0, 0.1) is 12.8 Å². The molecule has 1 saturated heterocycles. The van der Waals surface area contributed by atoms with Crippen molar-refractivity contribution >= 4 is 11.8 Å². The molecule has 7 heteroatoms. The average Bonchev–Trinajstić information content (AvgIpc) is 3.07. The van der Waals surface area contributed by atoms with Crippen LogP contribution in [-0.2, 0) is 35.5 Å². The monoisotopic (exact) mass is 379 g/mol. The van der Waals surface area contributed by atoms with Crippen LogP contribution in [0.3, 0.4) is 0 Å². The van der Waals surface area contributed by atoms with Crippen molar-refractivity contribution in [3.8, 4) is 0 Å². The summed E-state index contributed by atoms with van der Waals surface area (Å²) in [6.07, 6.45) is 8.08. The molecule has 1 atom stereocenters. The second kappa shape index (κ2) is 8.04. The average molecular weight is 379 g/mol. The molecule has 0 bridgehead atoms. The summed E-state index contributed by atoms with van der Waals surface area (Å²) in [5.41, 5.74) is 4.39. The number of nitrogens with one attached hydrogen (secondary N) is 1. The summed E-state index contributed by atoms with van der Waals surface area (Å²) in [4.78, 5) is 39.9. The van der Waals surface area contributed by atoms with E-state index in [-0.39, 0.29) is 24.2 Å². The molecule has 0 spiro atoms. The Morgan fingerprint density at radius 1 is 1.29 bits per heavy atom. The summed E-state index contributed by atoms with van der Waals surface area (Å²) in [5.74, 6) is 0.219. The number of likely N-dealkylation sites (tertiary alicyclic amines) is 1. The summed E-state index contributed by atoms with van der Waals surface area (Å²) < 4.78 is 0. The lowest BCUT2D eigenvalue weighted by Gasteiger charge is -2.18. The van der Waals surface area contributed by atoms with Crippen molar-refractivity contribution in [2.45, 2.75) is 52.1 Å². The number of aryl methyl sites for hydroxylation is 2. The minimum Gasteiger partial charge on any atom is -0.348 e. The van der Waals surface area contributed by atoms with Crippen molar-refractivity contribution in [2.24, 2.45) is 5.92 Å². The van der Waals surface area contributed by atoms with Crippen molar-refractivity contribution in [1.82, 2.24) is 25.2 Å². The molecule has 28 heavy (non-hydrogen) atoms. The Labute approximate surface area is 164 Å². The van der Waals surface area contributed by atoms with E-state index in [0.717, 1.165) is 36.2 Å². The first-order chi connectivity index (χ1) is 13.6. The van der Waals surface area contributed by atoms with E-state index in [9.17, 15) is 9.59 Å². The highest BCUT2D eigenvalue weighted by Gasteiger charge is 2.34. The Morgan fingerprint density at radius 2 is 2.14 bits per heavy atom. The maximum atomic E-state index is 12.6. The standard InChI is InChI=1S/C21H25N5O2/c1-14-17-6-2-3-7-18(17)25-19(24-14)11-23-21(28)16-9-20(27)26(13-16)12-15-5-4-8-22-10-15/h4-5,8,10,16H,2-3,6-7,9,11-13H2,1H3,(H,23,28). The minimum absolute atomic E-state index is 0.00452. The van der Waals surface area contributed by atoms with Gasteiger partial charge >= 0.3 is 0 Å². The van der Waals surface area contributed by atoms with Gasteiger partial charge < -0.3 is 10.2 Å². The van der Waals surface area contributed by atoms with E-state index in [1.165, 1.54) is 12.0 Å². The number of hydrogen-bond donors (Lipinski definition) is 1. The fraction of sp³-hybridized carbons (Fsp3) is 0.476. The van der Waals surface area contributed by atoms with Crippen LogP contribution < -0.4 is 5.32 Å². The van der Waals surface area contributed by atoms with Gasteiger partial charge in [-0.1, -0.05) is 6.07 Å². The zero-order valence-corrected chi connectivity index (χ0v) is 16.1. The number of pyridine rings is 1. The van der Waals surface area contributed by atoms with E-state index in [1.54, 1.807) is 17.3 Å². The van der Waals surface area contributed by atoms with Crippen LogP contribution in [0.5, 0.6) is 0 Å². The lowest BCUT2D eigenvalue weighted by molar-refractivity contribution is -0.129. The Bertz CT molecular complexity index is 884. The second-order valence-electron chi connectivity index (χ2n) is 7.61. The van der Waals surface area contributed by atoms with Gasteiger partial charge in [0.25, 0.3) is 0 Å². The van der Waals surface area contributed by atoms with Crippen LogP contribution in [0.25, 0.3) is 0 Å². The number of aromatic nitrogens is 3. The van der Waals surface area contributed by atoms with Crippen LogP contribution in [0.15, 0.2) is 24.5 Å². The molecule has 1 fully saturated rings. The van der Waals surface area contributed by atoms with E-state index in [1.807, 2.05) is 19.1 Å². The number of amides is 2. The SMILES string of the molecule is Cc1nc(CNC(=O)C2CC(=O)N(Cc3cccnc3)C2)nc2c1CCCC2. The van der Waals surface area contributed by atoms with E-state index in [4.69, 9.17) is 0 Å². The van der Waals surface area contributed by atoms with Gasteiger partial charge in [0.05, 0.1) is 12.5 Å². The molecule has 146 valence electrons. The van der Waals surface area contributed by atoms with Gasteiger partial charge in [-0.3, -0.25) is 14.6 Å². The highest BCUT2D eigenvalue weighted by Crippen LogP contribution is 2.22. The molecular formula is C21H25N5O2. The second-order valence-corrected chi connectivity index (χ2v) is 7.61. The molecule has 1 unspecified atom stereocenters. The molecule has 0 radical (unpaired) electrons. The van der Waals surface area contributed by atoms with Crippen LogP contribution in [0.4, 0.5) is 0 Å². The van der Waals surface area contributed by atoms with Gasteiger partial charge in [-0.05, 0) is 49.8 Å². The van der Waals surface area contributed by atoms with Crippen molar-refractivity contribution in [3.05, 3.63) is 52.9 Å². The highest BCUT2D eigenvalue weighted by molar-refractivity contribution is 5.89. The molecule has 3 heterocycles. The van der Waals surface area contributed by atoms with Gasteiger partial charge in [-0.2, -0.15) is 0 Å². The third-order valence-corrected chi connectivity index (χ3v) is 5.54. The lowest BCUT2D eigenvalue weighted by atomic mass is 9.95. The summed E-state index contributed by atoms with van der Waals surface area (Å²) in [6.45, 7) is 3.25. The van der Waals surface area contributed by atoms with Gasteiger partial charge in [0, 0.05) is 43.3 Å². The molecular weight excluding hydrogens is 354 g/mol. The van der Waals surface area contributed by atoms with Crippen LogP contribution >= 0.6 is 0 Å². The Morgan fingerprint density at radius 3 is 2.96 bits per heavy atom. The molecule has 0 saturated carbocycles. The van der Waals surface area contributed by atoms with Crippen LogP contribution in [0.1, 0.15) is 47.6 Å². The van der Waals surface area contributed by atoms with Crippen LogP contribution in [-0.4, -0.2) is 38.2 Å². The topological polar surface area (TPSA) is 88.1 Å². The Hall–Kier alpha value is -2.83. The molecule has 1 aliphatic carbocycles. The fourth-order valence-electron chi connectivity index (χ4n) is 4.05. The first-order valence-corrected chi connectivity index (χ1v) is 9.90. The third-order valence-electron chi connectivity index (χ3n) is 5.54. The number of nitrogens with zero attached hydrogens (tertiary/aromatic N) is 4. The van der Waals surface area contributed by atoms with Gasteiger partial charge in [0.2, 0.25) is 11.8 Å². The fourth-order valence-corrected chi connectivity index (χ4v) is 4.05. The first-order valence-electron chi connectivity index (χ1n) is 9.90. The minimum atomic E-state index is -0.331. The summed E-state index contributed by atoms with van der Waals surface area (Å²) >= 11 is 0. The highest BCUT2D eigenvalue weighted by atomic mass is 16.2. The Kier molecular flexibility index (Phi) is 5.32. The Balaban J connectivity index is 1.34. The molecule has 1 aliphatic heterocycles. The lowest BCUT2D eigenvalue weighted by Crippen LogP contribution is -2.33. The van der Waals surface area contributed by atoms with Crippen molar-refractivity contribution in [2.75, 3.05) is 6.54 Å². The zero-order valence-electron chi connectivity index (χ0n) is 16.1. The van der Waals surface area contributed by atoms with E-state index in [0.29, 0.717) is 25.5 Å². The van der Waals surface area contributed by atoms with E-state index < -0.39 is 0 Å². The summed E-state index contributed by atoms with van der Waals surface area (Å²) in [6, 6.07) is 3.78. The molecule has 1 N–H and O–H groups in total.